The van der Waals surface area contributed by atoms with Crippen LogP contribution in [0.4, 0.5) is 15.8 Å². The molecule has 0 atom stereocenters. The molecule has 2 aromatic rings. The Hall–Kier alpha value is -1.40. The first kappa shape index (κ1) is 15.0. The molecule has 0 unspecified atom stereocenters. The van der Waals surface area contributed by atoms with Gasteiger partial charge in [-0.2, -0.15) is 0 Å². The number of nitrogens with two attached hydrogens (primary N) is 1. The molecule has 2 aromatic carbocycles. The van der Waals surface area contributed by atoms with E-state index in [4.69, 9.17) is 5.73 Å². The molecular formula is C14H11Br2FN2O. The topological polar surface area (TPSA) is 55.1 Å². The fourth-order valence-electron chi connectivity index (χ4n) is 1.68. The number of amides is 1. The summed E-state index contributed by atoms with van der Waals surface area (Å²) in [7, 11) is 0. The van der Waals surface area contributed by atoms with Crippen LogP contribution in [0, 0.1) is 12.7 Å². The van der Waals surface area contributed by atoms with Crippen molar-refractivity contribution in [1.82, 2.24) is 0 Å². The maximum Gasteiger partial charge on any atom is 0.259 e. The van der Waals surface area contributed by atoms with Crippen molar-refractivity contribution >= 4 is 49.1 Å². The number of aryl methyl sites for hydroxylation is 1. The Bertz CT molecular complexity index is 669. The maximum atomic E-state index is 13.7. The van der Waals surface area contributed by atoms with E-state index in [2.05, 4.69) is 37.2 Å². The average Bonchev–Trinajstić information content (AvgIpc) is 2.35. The molecule has 3 nitrogen and oxygen atoms in total. The van der Waals surface area contributed by atoms with Crippen LogP contribution in [-0.2, 0) is 0 Å². The SMILES string of the molecule is Cc1cc(Br)c(NC(=O)c2c(F)cccc2Br)cc1N. The highest BCUT2D eigenvalue weighted by atomic mass is 79.9. The third-order valence-electron chi connectivity index (χ3n) is 2.79. The van der Waals surface area contributed by atoms with Crippen molar-refractivity contribution in [2.45, 2.75) is 6.92 Å². The van der Waals surface area contributed by atoms with Gasteiger partial charge in [0, 0.05) is 14.6 Å². The predicted octanol–water partition coefficient (Wildman–Crippen LogP) is 4.49. The van der Waals surface area contributed by atoms with Crippen LogP contribution in [0.5, 0.6) is 0 Å². The number of anilines is 2. The van der Waals surface area contributed by atoms with Crippen LogP contribution in [0.15, 0.2) is 39.3 Å². The summed E-state index contributed by atoms with van der Waals surface area (Å²) in [5, 5.41) is 2.64. The Morgan fingerprint density at radius 2 is 1.95 bits per heavy atom. The van der Waals surface area contributed by atoms with E-state index < -0.39 is 11.7 Å². The third-order valence-corrected chi connectivity index (χ3v) is 4.11. The first-order valence-corrected chi connectivity index (χ1v) is 7.29. The zero-order valence-electron chi connectivity index (χ0n) is 10.5. The molecule has 2 rings (SSSR count). The Morgan fingerprint density at radius 3 is 2.60 bits per heavy atom. The summed E-state index contributed by atoms with van der Waals surface area (Å²) in [6.45, 7) is 1.86. The normalized spacial score (nSPS) is 10.4. The predicted molar refractivity (Wildman–Crippen MR) is 85.3 cm³/mol. The Labute approximate surface area is 132 Å². The number of hydrogen-bond acceptors (Lipinski definition) is 2. The molecule has 0 aliphatic heterocycles. The molecule has 0 fully saturated rings. The van der Waals surface area contributed by atoms with Gasteiger partial charge in [-0.1, -0.05) is 6.07 Å². The number of hydrogen-bond donors (Lipinski definition) is 2. The molecule has 0 aromatic heterocycles. The van der Waals surface area contributed by atoms with Crippen molar-refractivity contribution in [3.8, 4) is 0 Å². The monoisotopic (exact) mass is 400 g/mol. The number of nitrogen functional groups attached to an aromatic ring is 1. The minimum Gasteiger partial charge on any atom is -0.398 e. The second-order valence-electron chi connectivity index (χ2n) is 4.24. The second kappa shape index (κ2) is 5.93. The highest BCUT2D eigenvalue weighted by Crippen LogP contribution is 2.29. The van der Waals surface area contributed by atoms with Gasteiger partial charge in [0.25, 0.3) is 5.91 Å². The van der Waals surface area contributed by atoms with E-state index in [1.165, 1.54) is 12.1 Å². The van der Waals surface area contributed by atoms with Gasteiger partial charge >= 0.3 is 0 Å². The van der Waals surface area contributed by atoms with E-state index in [1.807, 2.05) is 6.92 Å². The lowest BCUT2D eigenvalue weighted by Crippen LogP contribution is -2.15. The Kier molecular flexibility index (Phi) is 4.45. The summed E-state index contributed by atoms with van der Waals surface area (Å²) >= 11 is 6.51. The lowest BCUT2D eigenvalue weighted by molar-refractivity contribution is 0.102. The lowest BCUT2D eigenvalue weighted by Gasteiger charge is -2.11. The van der Waals surface area contributed by atoms with Gasteiger partial charge in [0.1, 0.15) is 5.82 Å². The smallest absolute Gasteiger partial charge is 0.259 e. The highest BCUT2D eigenvalue weighted by molar-refractivity contribution is 9.11. The van der Waals surface area contributed by atoms with Gasteiger partial charge in [0.05, 0.1) is 11.3 Å². The summed E-state index contributed by atoms with van der Waals surface area (Å²) in [6.07, 6.45) is 0. The Balaban J connectivity index is 2.35. The fourth-order valence-corrected chi connectivity index (χ4v) is 2.76. The van der Waals surface area contributed by atoms with Crippen LogP contribution in [0.25, 0.3) is 0 Å². The molecule has 20 heavy (non-hydrogen) atoms. The van der Waals surface area contributed by atoms with E-state index in [1.54, 1.807) is 18.2 Å². The first-order chi connectivity index (χ1) is 9.40. The zero-order valence-corrected chi connectivity index (χ0v) is 13.7. The summed E-state index contributed by atoms with van der Waals surface area (Å²) in [5.41, 5.74) is 7.70. The lowest BCUT2D eigenvalue weighted by atomic mass is 10.1. The van der Waals surface area contributed by atoms with Gasteiger partial charge in [-0.15, -0.1) is 0 Å². The highest BCUT2D eigenvalue weighted by Gasteiger charge is 2.16. The van der Waals surface area contributed by atoms with Gasteiger partial charge in [0.15, 0.2) is 0 Å². The quantitative estimate of drug-likeness (QED) is 0.728. The number of carbonyl (C=O) groups is 1. The molecule has 104 valence electrons. The molecule has 1 amide bonds. The van der Waals surface area contributed by atoms with E-state index in [-0.39, 0.29) is 5.56 Å². The zero-order chi connectivity index (χ0) is 14.9. The summed E-state index contributed by atoms with van der Waals surface area (Å²) in [6, 6.07) is 7.79. The molecule has 0 spiro atoms. The van der Waals surface area contributed by atoms with Gasteiger partial charge in [-0.05, 0) is 68.6 Å². The largest absolute Gasteiger partial charge is 0.398 e. The van der Waals surface area contributed by atoms with E-state index in [9.17, 15) is 9.18 Å². The third kappa shape index (κ3) is 3.02. The van der Waals surface area contributed by atoms with Crippen LogP contribution in [0.3, 0.4) is 0 Å². The van der Waals surface area contributed by atoms with Crippen LogP contribution in [0.1, 0.15) is 15.9 Å². The van der Waals surface area contributed by atoms with Gasteiger partial charge in [0.2, 0.25) is 0 Å². The number of halogens is 3. The molecule has 3 N–H and O–H groups in total. The van der Waals surface area contributed by atoms with E-state index >= 15 is 0 Å². The molecule has 0 heterocycles. The van der Waals surface area contributed by atoms with Crippen molar-refractivity contribution in [2.24, 2.45) is 0 Å². The van der Waals surface area contributed by atoms with Crippen molar-refractivity contribution in [1.29, 1.82) is 0 Å². The molecular weight excluding hydrogens is 391 g/mol. The first-order valence-electron chi connectivity index (χ1n) is 5.71. The number of rotatable bonds is 2. The molecule has 0 saturated carbocycles. The summed E-state index contributed by atoms with van der Waals surface area (Å²) in [4.78, 5) is 12.2. The minimum absolute atomic E-state index is 0.0430. The van der Waals surface area contributed by atoms with Gasteiger partial charge < -0.3 is 11.1 Å². The average molecular weight is 402 g/mol. The number of benzene rings is 2. The van der Waals surface area contributed by atoms with Crippen LogP contribution in [-0.4, -0.2) is 5.91 Å². The summed E-state index contributed by atoms with van der Waals surface area (Å²) in [5.74, 6) is -1.13. The molecule has 0 bridgehead atoms. The van der Waals surface area contributed by atoms with Gasteiger partial charge in [-0.3, -0.25) is 4.79 Å². The standard InChI is InChI=1S/C14H11Br2FN2O/c1-7-5-9(16)12(6-11(7)18)19-14(20)13-8(15)3-2-4-10(13)17/h2-6H,18H2,1H3,(H,19,20). The van der Waals surface area contributed by atoms with Crippen LogP contribution in [0.2, 0.25) is 0 Å². The molecule has 0 saturated heterocycles. The maximum absolute atomic E-state index is 13.7. The molecule has 0 radical (unpaired) electrons. The minimum atomic E-state index is -0.590. The number of nitrogens with one attached hydrogen (secondary N) is 1. The van der Waals surface area contributed by atoms with Crippen molar-refractivity contribution in [2.75, 3.05) is 11.1 Å². The summed E-state index contributed by atoms with van der Waals surface area (Å²) < 4.78 is 14.8. The van der Waals surface area contributed by atoms with Crippen molar-refractivity contribution in [3.63, 3.8) is 0 Å². The molecule has 0 aliphatic carbocycles. The molecule has 6 heteroatoms. The van der Waals surface area contributed by atoms with Crippen molar-refractivity contribution in [3.05, 3.63) is 56.2 Å². The number of carbonyl (C=O) groups excluding carboxylic acids is 1. The van der Waals surface area contributed by atoms with E-state index in [0.717, 1.165) is 5.56 Å². The Morgan fingerprint density at radius 1 is 1.25 bits per heavy atom. The van der Waals surface area contributed by atoms with Crippen molar-refractivity contribution < 1.29 is 9.18 Å². The molecule has 0 aliphatic rings. The van der Waals surface area contributed by atoms with E-state index in [0.29, 0.717) is 20.3 Å². The van der Waals surface area contributed by atoms with Gasteiger partial charge in [-0.25, -0.2) is 4.39 Å². The van der Waals surface area contributed by atoms with Crippen LogP contribution >= 0.6 is 31.9 Å². The second-order valence-corrected chi connectivity index (χ2v) is 5.95. The fraction of sp³-hybridized carbons (Fsp3) is 0.0714. The van der Waals surface area contributed by atoms with Crippen LogP contribution < -0.4 is 11.1 Å².